The van der Waals surface area contributed by atoms with Crippen molar-refractivity contribution in [3.05, 3.63) is 6.20 Å². The molecular weight excluding hydrogens is 426 g/mol. The minimum Gasteiger partial charge on any atom is -0.367 e. The molecule has 0 radical (unpaired) electrons. The van der Waals surface area contributed by atoms with Gasteiger partial charge in [0.05, 0.1) is 24.4 Å². The Balaban J connectivity index is 1.60. The van der Waals surface area contributed by atoms with E-state index >= 15 is 0 Å². The van der Waals surface area contributed by atoms with Crippen LogP contribution in [0.3, 0.4) is 0 Å². The summed E-state index contributed by atoms with van der Waals surface area (Å²) in [5.74, 6) is 0.554. The van der Waals surface area contributed by atoms with Gasteiger partial charge in [0.15, 0.2) is 10.8 Å². The van der Waals surface area contributed by atoms with Gasteiger partial charge >= 0.3 is 0 Å². The molecule has 0 unspecified atom stereocenters. The van der Waals surface area contributed by atoms with Crippen LogP contribution in [0.2, 0.25) is 0 Å². The van der Waals surface area contributed by atoms with Crippen molar-refractivity contribution in [1.29, 1.82) is 0 Å². The molecule has 0 aliphatic carbocycles. The maximum atomic E-state index is 12.5. The molecular formula is C18H29N7O3S2. The Labute approximate surface area is 181 Å². The summed E-state index contributed by atoms with van der Waals surface area (Å²) in [5.41, 5.74) is 0.730. The molecule has 1 amide bonds. The van der Waals surface area contributed by atoms with Gasteiger partial charge in [-0.25, -0.2) is 27.4 Å². The fraction of sp³-hybridized carbons (Fsp3) is 0.667. The highest BCUT2D eigenvalue weighted by atomic mass is 32.2. The zero-order valence-corrected chi connectivity index (χ0v) is 19.4. The highest BCUT2D eigenvalue weighted by molar-refractivity contribution is 7.98. The molecule has 166 valence electrons. The number of aromatic nitrogens is 4. The first-order valence-corrected chi connectivity index (χ1v) is 13.0. The quantitative estimate of drug-likeness (QED) is 0.449. The summed E-state index contributed by atoms with van der Waals surface area (Å²) >= 11 is 1.47. The van der Waals surface area contributed by atoms with Gasteiger partial charge in [0.1, 0.15) is 5.82 Å². The van der Waals surface area contributed by atoms with Crippen molar-refractivity contribution in [2.45, 2.75) is 44.4 Å². The molecule has 1 aliphatic rings. The molecule has 10 nitrogen and oxygen atoms in total. The van der Waals surface area contributed by atoms with Gasteiger partial charge in [0, 0.05) is 31.6 Å². The molecule has 0 aromatic carbocycles. The van der Waals surface area contributed by atoms with Crippen molar-refractivity contribution in [2.24, 2.45) is 5.92 Å². The number of rotatable bonds is 8. The first kappa shape index (κ1) is 22.8. The Morgan fingerprint density at radius 2 is 2.00 bits per heavy atom. The van der Waals surface area contributed by atoms with Crippen molar-refractivity contribution < 1.29 is 13.2 Å². The lowest BCUT2D eigenvalue weighted by Gasteiger charge is -2.29. The van der Waals surface area contributed by atoms with E-state index in [2.05, 4.69) is 25.7 Å². The first-order chi connectivity index (χ1) is 14.2. The van der Waals surface area contributed by atoms with Crippen LogP contribution in [-0.4, -0.2) is 76.6 Å². The smallest absolute Gasteiger partial charge is 0.223 e. The lowest BCUT2D eigenvalue weighted by atomic mass is 9.97. The van der Waals surface area contributed by atoms with Crippen molar-refractivity contribution >= 4 is 44.5 Å². The lowest BCUT2D eigenvalue weighted by Crippen LogP contribution is -2.43. The van der Waals surface area contributed by atoms with E-state index in [1.165, 1.54) is 22.3 Å². The molecule has 0 spiro atoms. The van der Waals surface area contributed by atoms with Gasteiger partial charge in [-0.2, -0.15) is 5.10 Å². The summed E-state index contributed by atoms with van der Waals surface area (Å²) in [6.07, 6.45) is 5.95. The number of carbonyl (C=O) groups is 1. The third kappa shape index (κ3) is 5.41. The van der Waals surface area contributed by atoms with Crippen LogP contribution in [0.5, 0.6) is 0 Å². The molecule has 3 heterocycles. The molecule has 0 bridgehead atoms. The van der Waals surface area contributed by atoms with E-state index in [-0.39, 0.29) is 17.9 Å². The minimum absolute atomic E-state index is 0.0406. The maximum absolute atomic E-state index is 12.5. The van der Waals surface area contributed by atoms with E-state index in [9.17, 15) is 13.2 Å². The van der Waals surface area contributed by atoms with Crippen molar-refractivity contribution in [3.63, 3.8) is 0 Å². The number of hydrogen-bond acceptors (Lipinski definition) is 8. The monoisotopic (exact) mass is 455 g/mol. The standard InChI is InChI=1S/C18H29N7O3S2/c1-12(2)21-15-14-11-20-25(16(14)23-18(22-15)29-3)10-7-19-17(26)13-5-8-24(9-6-13)30(4,27)28/h11-13H,5-10H2,1-4H3,(H,19,26)(H,21,22,23). The SMILES string of the molecule is CSc1nc(NC(C)C)c2cnn(CCNC(=O)C3CCN(S(C)(=O)=O)CC3)c2n1. The van der Waals surface area contributed by atoms with Crippen LogP contribution in [0.15, 0.2) is 11.4 Å². The largest absolute Gasteiger partial charge is 0.367 e. The number of nitrogens with zero attached hydrogens (tertiary/aromatic N) is 5. The number of sulfonamides is 1. The summed E-state index contributed by atoms with van der Waals surface area (Å²) in [6, 6.07) is 0.231. The number of carbonyl (C=O) groups excluding carboxylic acids is 1. The fourth-order valence-electron chi connectivity index (χ4n) is 3.45. The zero-order valence-electron chi connectivity index (χ0n) is 17.8. The summed E-state index contributed by atoms with van der Waals surface area (Å²) in [7, 11) is -3.19. The number of nitrogens with one attached hydrogen (secondary N) is 2. The molecule has 0 saturated carbocycles. The molecule has 0 atom stereocenters. The van der Waals surface area contributed by atoms with Crippen LogP contribution in [0.25, 0.3) is 11.0 Å². The predicted octanol–water partition coefficient (Wildman–Crippen LogP) is 1.16. The maximum Gasteiger partial charge on any atom is 0.223 e. The second-order valence-electron chi connectivity index (χ2n) is 7.69. The Bertz CT molecular complexity index is 999. The van der Waals surface area contributed by atoms with E-state index in [1.54, 1.807) is 10.9 Å². The van der Waals surface area contributed by atoms with Crippen LogP contribution < -0.4 is 10.6 Å². The Hall–Kier alpha value is -1.92. The zero-order chi connectivity index (χ0) is 21.9. The Kier molecular flexibility index (Phi) is 7.19. The van der Waals surface area contributed by atoms with Crippen LogP contribution in [-0.2, 0) is 21.4 Å². The molecule has 2 aromatic heterocycles. The van der Waals surface area contributed by atoms with E-state index in [0.717, 1.165) is 16.9 Å². The first-order valence-electron chi connectivity index (χ1n) is 9.96. The third-order valence-electron chi connectivity index (χ3n) is 5.00. The molecule has 2 aromatic rings. The normalized spacial score (nSPS) is 16.3. The highest BCUT2D eigenvalue weighted by Crippen LogP contribution is 2.24. The van der Waals surface area contributed by atoms with Gasteiger partial charge in [-0.05, 0) is 32.9 Å². The van der Waals surface area contributed by atoms with Crippen LogP contribution >= 0.6 is 11.8 Å². The summed E-state index contributed by atoms with van der Waals surface area (Å²) < 4.78 is 26.4. The molecule has 1 saturated heterocycles. The van der Waals surface area contributed by atoms with Gasteiger partial charge < -0.3 is 10.6 Å². The summed E-state index contributed by atoms with van der Waals surface area (Å²) in [5, 5.41) is 12.2. The number of piperidine rings is 1. The second-order valence-corrected chi connectivity index (χ2v) is 10.4. The van der Waals surface area contributed by atoms with Crippen molar-refractivity contribution in [2.75, 3.05) is 37.5 Å². The van der Waals surface area contributed by atoms with Gasteiger partial charge in [0.25, 0.3) is 0 Å². The molecule has 2 N–H and O–H groups in total. The summed E-state index contributed by atoms with van der Waals surface area (Å²) in [4.78, 5) is 21.6. The predicted molar refractivity (Wildman–Crippen MR) is 118 cm³/mol. The average Bonchev–Trinajstić information content (AvgIpc) is 3.10. The Morgan fingerprint density at radius 3 is 2.60 bits per heavy atom. The molecule has 1 fully saturated rings. The molecule has 1 aliphatic heterocycles. The number of fused-ring (bicyclic) bond motifs is 1. The lowest BCUT2D eigenvalue weighted by molar-refractivity contribution is -0.126. The van der Waals surface area contributed by atoms with Gasteiger partial charge in [-0.3, -0.25) is 4.79 Å². The topological polar surface area (TPSA) is 122 Å². The van der Waals surface area contributed by atoms with Gasteiger partial charge in [0.2, 0.25) is 15.9 Å². The van der Waals surface area contributed by atoms with Crippen LogP contribution in [0.1, 0.15) is 26.7 Å². The van der Waals surface area contributed by atoms with E-state index in [0.29, 0.717) is 44.2 Å². The molecule has 3 rings (SSSR count). The van der Waals surface area contributed by atoms with Crippen molar-refractivity contribution in [1.82, 2.24) is 29.4 Å². The summed E-state index contributed by atoms with van der Waals surface area (Å²) in [6.45, 7) is 5.79. The number of anilines is 1. The average molecular weight is 456 g/mol. The third-order valence-corrected chi connectivity index (χ3v) is 6.85. The second kappa shape index (κ2) is 9.48. The highest BCUT2D eigenvalue weighted by Gasteiger charge is 2.28. The Morgan fingerprint density at radius 1 is 1.30 bits per heavy atom. The fourth-order valence-corrected chi connectivity index (χ4v) is 4.69. The minimum atomic E-state index is -3.19. The van der Waals surface area contributed by atoms with Gasteiger partial charge in [-0.1, -0.05) is 11.8 Å². The molecule has 30 heavy (non-hydrogen) atoms. The van der Waals surface area contributed by atoms with Crippen LogP contribution in [0, 0.1) is 5.92 Å². The number of amides is 1. The molecule has 12 heteroatoms. The number of thioether (sulfide) groups is 1. The van der Waals surface area contributed by atoms with E-state index in [4.69, 9.17) is 0 Å². The van der Waals surface area contributed by atoms with Crippen molar-refractivity contribution in [3.8, 4) is 0 Å². The van der Waals surface area contributed by atoms with Crippen LogP contribution in [0.4, 0.5) is 5.82 Å². The van der Waals surface area contributed by atoms with Gasteiger partial charge in [-0.15, -0.1) is 0 Å². The van der Waals surface area contributed by atoms with E-state index < -0.39 is 10.0 Å². The van der Waals surface area contributed by atoms with E-state index in [1.807, 2.05) is 20.1 Å². The number of hydrogen-bond donors (Lipinski definition) is 2.